The van der Waals surface area contributed by atoms with E-state index >= 15 is 0 Å². The van der Waals surface area contributed by atoms with Crippen LogP contribution in [0.15, 0.2) is 22.9 Å². The molecule has 0 aliphatic heterocycles. The lowest BCUT2D eigenvalue weighted by Crippen LogP contribution is -2.42. The van der Waals surface area contributed by atoms with Crippen molar-refractivity contribution in [2.45, 2.75) is 19.9 Å². The smallest absolute Gasteiger partial charge is 0.254 e. The van der Waals surface area contributed by atoms with E-state index in [1.54, 1.807) is 12.1 Å². The van der Waals surface area contributed by atoms with E-state index in [2.05, 4.69) is 20.9 Å². The van der Waals surface area contributed by atoms with E-state index in [9.17, 15) is 9.59 Å². The van der Waals surface area contributed by atoms with Gasteiger partial charge < -0.3 is 10.6 Å². The van der Waals surface area contributed by atoms with Crippen LogP contribution in [-0.4, -0.2) is 34.3 Å². The van der Waals surface area contributed by atoms with Gasteiger partial charge in [0.05, 0.1) is 6.54 Å². The van der Waals surface area contributed by atoms with Gasteiger partial charge in [-0.15, -0.1) is 0 Å². The Kier molecular flexibility index (Phi) is 4.62. The second-order valence-corrected chi connectivity index (χ2v) is 4.67. The van der Waals surface area contributed by atoms with Crippen LogP contribution < -0.4 is 5.73 Å². The maximum atomic E-state index is 12.1. The van der Waals surface area contributed by atoms with Crippen molar-refractivity contribution in [2.75, 3.05) is 6.54 Å². The van der Waals surface area contributed by atoms with Crippen LogP contribution in [0.5, 0.6) is 0 Å². The van der Waals surface area contributed by atoms with E-state index < -0.39 is 5.91 Å². The summed E-state index contributed by atoms with van der Waals surface area (Å²) in [5.74, 6) is -0.762. The van der Waals surface area contributed by atoms with Gasteiger partial charge in [-0.25, -0.2) is 4.98 Å². The van der Waals surface area contributed by atoms with Gasteiger partial charge in [-0.05, 0) is 41.9 Å². The molecule has 2 N–H and O–H groups in total. The number of hydrogen-bond donors (Lipinski definition) is 1. The molecule has 5 nitrogen and oxygen atoms in total. The van der Waals surface area contributed by atoms with E-state index in [0.717, 1.165) is 0 Å². The van der Waals surface area contributed by atoms with Crippen molar-refractivity contribution in [1.29, 1.82) is 0 Å². The first kappa shape index (κ1) is 13.6. The fourth-order valence-corrected chi connectivity index (χ4v) is 1.72. The highest BCUT2D eigenvalue weighted by Crippen LogP contribution is 2.12. The molecule has 0 aliphatic rings. The number of primary amides is 1. The largest absolute Gasteiger partial charge is 0.368 e. The summed E-state index contributed by atoms with van der Waals surface area (Å²) >= 11 is 3.19. The fraction of sp³-hybridized carbons (Fsp3) is 0.364. The minimum atomic E-state index is -0.528. The quantitative estimate of drug-likeness (QED) is 0.848. The second kappa shape index (κ2) is 5.77. The average Bonchev–Trinajstić information content (AvgIpc) is 2.24. The first-order chi connectivity index (χ1) is 7.91. The Morgan fingerprint density at radius 2 is 2.18 bits per heavy atom. The summed E-state index contributed by atoms with van der Waals surface area (Å²) in [6.07, 6.45) is 1.53. The van der Waals surface area contributed by atoms with Crippen molar-refractivity contribution in [2.24, 2.45) is 5.73 Å². The van der Waals surface area contributed by atoms with Crippen molar-refractivity contribution >= 4 is 27.7 Å². The van der Waals surface area contributed by atoms with Gasteiger partial charge in [-0.3, -0.25) is 9.59 Å². The molecule has 2 amide bonds. The summed E-state index contributed by atoms with van der Waals surface area (Å²) in [6.45, 7) is 3.57. The van der Waals surface area contributed by atoms with Crippen LogP contribution in [0.25, 0.3) is 0 Å². The number of aromatic nitrogens is 1. The Balaban J connectivity index is 2.95. The van der Waals surface area contributed by atoms with E-state index in [1.165, 1.54) is 11.1 Å². The summed E-state index contributed by atoms with van der Waals surface area (Å²) in [7, 11) is 0. The third kappa shape index (κ3) is 3.81. The third-order valence-electron chi connectivity index (χ3n) is 2.18. The molecule has 0 fully saturated rings. The molecule has 0 aromatic carbocycles. The number of halogens is 1. The molecule has 0 saturated carbocycles. The van der Waals surface area contributed by atoms with Crippen LogP contribution in [0.3, 0.4) is 0 Å². The second-order valence-electron chi connectivity index (χ2n) is 3.86. The Morgan fingerprint density at radius 1 is 1.53 bits per heavy atom. The lowest BCUT2D eigenvalue weighted by molar-refractivity contribution is -0.119. The zero-order valence-electron chi connectivity index (χ0n) is 9.68. The minimum absolute atomic E-state index is 0.0869. The Labute approximate surface area is 108 Å². The molecular formula is C11H14BrN3O2. The number of amides is 2. The highest BCUT2D eigenvalue weighted by Gasteiger charge is 2.20. The van der Waals surface area contributed by atoms with Gasteiger partial charge in [-0.2, -0.15) is 0 Å². The van der Waals surface area contributed by atoms with Gasteiger partial charge >= 0.3 is 0 Å². The van der Waals surface area contributed by atoms with Crippen molar-refractivity contribution in [3.8, 4) is 0 Å². The number of carbonyl (C=O) groups excluding carboxylic acids is 2. The summed E-state index contributed by atoms with van der Waals surface area (Å²) in [6, 6.07) is 3.12. The van der Waals surface area contributed by atoms with E-state index in [1.807, 2.05) is 13.8 Å². The maximum absolute atomic E-state index is 12.1. The number of pyridine rings is 1. The summed E-state index contributed by atoms with van der Waals surface area (Å²) in [5.41, 5.74) is 5.60. The number of nitrogens with two attached hydrogens (primary N) is 1. The van der Waals surface area contributed by atoms with Crippen LogP contribution in [-0.2, 0) is 4.79 Å². The van der Waals surface area contributed by atoms with Gasteiger partial charge in [0.15, 0.2) is 0 Å². The van der Waals surface area contributed by atoms with E-state index in [4.69, 9.17) is 5.73 Å². The average molecular weight is 300 g/mol. The fourth-order valence-electron chi connectivity index (χ4n) is 1.36. The zero-order valence-corrected chi connectivity index (χ0v) is 11.3. The normalized spacial score (nSPS) is 10.4. The Morgan fingerprint density at radius 3 is 2.65 bits per heavy atom. The number of nitrogens with zero attached hydrogens (tertiary/aromatic N) is 2. The lowest BCUT2D eigenvalue weighted by Gasteiger charge is -2.25. The molecule has 0 unspecified atom stereocenters. The maximum Gasteiger partial charge on any atom is 0.254 e. The first-order valence-corrected chi connectivity index (χ1v) is 5.92. The molecule has 0 saturated heterocycles. The SMILES string of the molecule is CC(C)N(CC(N)=O)C(=O)c1ccnc(Br)c1. The van der Waals surface area contributed by atoms with Crippen molar-refractivity contribution in [1.82, 2.24) is 9.88 Å². The molecule has 0 spiro atoms. The van der Waals surface area contributed by atoms with Crippen LogP contribution in [0.1, 0.15) is 24.2 Å². The van der Waals surface area contributed by atoms with Crippen molar-refractivity contribution in [3.63, 3.8) is 0 Å². The van der Waals surface area contributed by atoms with E-state index in [0.29, 0.717) is 10.2 Å². The molecule has 17 heavy (non-hydrogen) atoms. The van der Waals surface area contributed by atoms with Crippen LogP contribution in [0.2, 0.25) is 0 Å². The molecule has 1 heterocycles. The Bertz CT molecular complexity index is 434. The predicted octanol–water partition coefficient (Wildman–Crippen LogP) is 1.18. The van der Waals surface area contributed by atoms with Gasteiger partial charge in [0.2, 0.25) is 5.91 Å². The number of hydrogen-bond acceptors (Lipinski definition) is 3. The molecule has 0 aliphatic carbocycles. The van der Waals surface area contributed by atoms with Crippen molar-refractivity contribution in [3.05, 3.63) is 28.5 Å². The minimum Gasteiger partial charge on any atom is -0.368 e. The van der Waals surface area contributed by atoms with Crippen molar-refractivity contribution < 1.29 is 9.59 Å². The zero-order chi connectivity index (χ0) is 13.0. The summed E-state index contributed by atoms with van der Waals surface area (Å²) < 4.78 is 0.575. The monoisotopic (exact) mass is 299 g/mol. The molecule has 0 radical (unpaired) electrons. The first-order valence-electron chi connectivity index (χ1n) is 5.12. The molecule has 0 atom stereocenters. The van der Waals surface area contributed by atoms with Crippen LogP contribution in [0, 0.1) is 0 Å². The number of carbonyl (C=O) groups is 2. The molecule has 1 aromatic rings. The summed E-state index contributed by atoms with van der Waals surface area (Å²) in [4.78, 5) is 28.4. The standard InChI is InChI=1S/C11H14BrN3O2/c1-7(2)15(6-10(13)16)11(17)8-3-4-14-9(12)5-8/h3-5,7H,6H2,1-2H3,(H2,13,16). The van der Waals surface area contributed by atoms with Gasteiger partial charge in [0, 0.05) is 17.8 Å². The van der Waals surface area contributed by atoms with Gasteiger partial charge in [-0.1, -0.05) is 0 Å². The summed E-state index contributed by atoms with van der Waals surface area (Å²) in [5, 5.41) is 0. The predicted molar refractivity (Wildman–Crippen MR) is 67.3 cm³/mol. The Hall–Kier alpha value is -1.43. The number of rotatable bonds is 4. The molecule has 1 aromatic heterocycles. The van der Waals surface area contributed by atoms with Gasteiger partial charge in [0.25, 0.3) is 5.91 Å². The molecular weight excluding hydrogens is 286 g/mol. The third-order valence-corrected chi connectivity index (χ3v) is 2.62. The highest BCUT2D eigenvalue weighted by molar-refractivity contribution is 9.10. The van der Waals surface area contributed by atoms with Crippen LogP contribution >= 0.6 is 15.9 Å². The molecule has 92 valence electrons. The molecule has 6 heteroatoms. The molecule has 0 bridgehead atoms. The van der Waals surface area contributed by atoms with Crippen LogP contribution in [0.4, 0.5) is 0 Å². The molecule has 1 rings (SSSR count). The van der Waals surface area contributed by atoms with Gasteiger partial charge in [0.1, 0.15) is 4.60 Å². The highest BCUT2D eigenvalue weighted by atomic mass is 79.9. The topological polar surface area (TPSA) is 76.3 Å². The lowest BCUT2D eigenvalue weighted by atomic mass is 10.2. The van der Waals surface area contributed by atoms with E-state index in [-0.39, 0.29) is 18.5 Å².